The molecule has 2 aromatic rings. The summed E-state index contributed by atoms with van der Waals surface area (Å²) in [7, 11) is 0. The molecular weight excluding hydrogens is 436 g/mol. The minimum absolute atomic E-state index is 0.0464. The van der Waals surface area contributed by atoms with E-state index < -0.39 is 11.8 Å². The number of carbonyl (C=O) groups excluding carboxylic acids is 4. The first kappa shape index (κ1) is 22.8. The van der Waals surface area contributed by atoms with E-state index in [9.17, 15) is 19.2 Å². The minimum atomic E-state index is -0.435. The molecule has 4 amide bonds. The number of anilines is 2. The Hall–Kier alpha value is -4.34. The lowest BCUT2D eigenvalue weighted by molar-refractivity contribution is -0.117. The molecule has 0 spiro atoms. The minimum Gasteiger partial charge on any atom is -0.312 e. The first-order valence-electron chi connectivity index (χ1n) is 11.0. The van der Waals surface area contributed by atoms with Crippen LogP contribution in [0.2, 0.25) is 0 Å². The second-order valence-electron chi connectivity index (χ2n) is 7.84. The Bertz CT molecular complexity index is 1080. The zero-order chi connectivity index (χ0) is 23.9. The first-order chi connectivity index (χ1) is 16.5. The van der Waals surface area contributed by atoms with Crippen LogP contribution in [-0.2, 0) is 9.59 Å². The number of nitrogens with zero attached hydrogens (tertiary/aromatic N) is 4. The fourth-order valence-corrected chi connectivity index (χ4v) is 3.86. The molecule has 2 aliphatic heterocycles. The topological polar surface area (TPSA) is 124 Å². The first-order valence-corrected chi connectivity index (χ1v) is 11.0. The van der Waals surface area contributed by atoms with Crippen LogP contribution < -0.4 is 20.7 Å². The second-order valence-corrected chi connectivity index (χ2v) is 7.84. The SMILES string of the molecule is O=C(N/N=C/C=N/NC(=O)c1cccc(N2CCCC2=O)c1)c1cccc(N2CCCC2=O)c1. The fourth-order valence-electron chi connectivity index (χ4n) is 3.86. The van der Waals surface area contributed by atoms with Gasteiger partial charge in [0.2, 0.25) is 11.8 Å². The van der Waals surface area contributed by atoms with E-state index in [0.717, 1.165) is 12.8 Å². The highest BCUT2D eigenvalue weighted by molar-refractivity contribution is 6.16. The van der Waals surface area contributed by atoms with Gasteiger partial charge in [-0.3, -0.25) is 19.2 Å². The normalized spacial score (nSPS) is 16.1. The largest absolute Gasteiger partial charge is 0.312 e. The second kappa shape index (κ2) is 10.5. The molecule has 2 N–H and O–H groups in total. The summed E-state index contributed by atoms with van der Waals surface area (Å²) in [5.74, 6) is -0.777. The van der Waals surface area contributed by atoms with Crippen molar-refractivity contribution >= 4 is 47.4 Å². The Morgan fingerprint density at radius 2 is 1.18 bits per heavy atom. The van der Waals surface area contributed by atoms with Crippen LogP contribution in [0, 0.1) is 0 Å². The summed E-state index contributed by atoms with van der Waals surface area (Å²) in [6, 6.07) is 13.6. The van der Waals surface area contributed by atoms with Gasteiger partial charge in [0.05, 0.1) is 12.4 Å². The van der Waals surface area contributed by atoms with Crippen molar-refractivity contribution in [2.45, 2.75) is 25.7 Å². The number of hydrogen-bond donors (Lipinski definition) is 2. The molecule has 34 heavy (non-hydrogen) atoms. The summed E-state index contributed by atoms with van der Waals surface area (Å²) in [5.41, 5.74) is 6.86. The van der Waals surface area contributed by atoms with E-state index in [1.54, 1.807) is 58.3 Å². The van der Waals surface area contributed by atoms with Gasteiger partial charge in [-0.25, -0.2) is 10.9 Å². The highest BCUT2D eigenvalue weighted by Gasteiger charge is 2.23. The van der Waals surface area contributed by atoms with Crippen molar-refractivity contribution in [2.75, 3.05) is 22.9 Å². The maximum absolute atomic E-state index is 12.3. The molecule has 0 atom stereocenters. The highest BCUT2D eigenvalue weighted by Crippen LogP contribution is 2.23. The van der Waals surface area contributed by atoms with Gasteiger partial charge >= 0.3 is 0 Å². The fraction of sp³-hybridized carbons (Fsp3) is 0.250. The summed E-state index contributed by atoms with van der Waals surface area (Å²) < 4.78 is 0. The lowest BCUT2D eigenvalue weighted by Gasteiger charge is -2.16. The van der Waals surface area contributed by atoms with Gasteiger partial charge in [0.25, 0.3) is 11.8 Å². The monoisotopic (exact) mass is 460 g/mol. The number of nitrogens with one attached hydrogen (secondary N) is 2. The Kier molecular flexibility index (Phi) is 7.07. The molecule has 174 valence electrons. The van der Waals surface area contributed by atoms with Crippen molar-refractivity contribution in [3.8, 4) is 0 Å². The van der Waals surface area contributed by atoms with Gasteiger partial charge in [0.1, 0.15) is 0 Å². The lowest BCUT2D eigenvalue weighted by atomic mass is 10.2. The van der Waals surface area contributed by atoms with Crippen LogP contribution in [0.25, 0.3) is 0 Å². The molecule has 10 heteroatoms. The molecule has 2 heterocycles. The van der Waals surface area contributed by atoms with Crippen LogP contribution in [0.3, 0.4) is 0 Å². The molecule has 2 fully saturated rings. The van der Waals surface area contributed by atoms with Crippen LogP contribution >= 0.6 is 0 Å². The van der Waals surface area contributed by atoms with Gasteiger partial charge < -0.3 is 9.80 Å². The summed E-state index contributed by atoms with van der Waals surface area (Å²) in [4.78, 5) is 51.7. The Morgan fingerprint density at radius 3 is 1.56 bits per heavy atom. The van der Waals surface area contributed by atoms with Gasteiger partial charge in [-0.1, -0.05) is 12.1 Å². The molecule has 0 aromatic heterocycles. The molecular formula is C24H24N6O4. The molecule has 2 aliphatic rings. The zero-order valence-corrected chi connectivity index (χ0v) is 18.4. The van der Waals surface area contributed by atoms with Gasteiger partial charge in [0, 0.05) is 48.4 Å². The average molecular weight is 460 g/mol. The number of carbonyl (C=O) groups is 4. The van der Waals surface area contributed by atoms with Gasteiger partial charge in [-0.15, -0.1) is 0 Å². The third-order valence-electron chi connectivity index (χ3n) is 5.53. The van der Waals surface area contributed by atoms with Crippen LogP contribution in [0.15, 0.2) is 58.7 Å². The van der Waals surface area contributed by atoms with Crippen LogP contribution in [0.4, 0.5) is 11.4 Å². The maximum atomic E-state index is 12.3. The van der Waals surface area contributed by atoms with E-state index in [1.165, 1.54) is 12.4 Å². The van der Waals surface area contributed by atoms with Gasteiger partial charge in [-0.05, 0) is 49.2 Å². The standard InChI is InChI=1S/C24H24N6O4/c31-21-9-3-13-29(21)19-7-1-5-17(15-19)23(33)27-25-11-12-26-28-24(34)18-6-2-8-20(16-18)30-14-4-10-22(30)32/h1-2,5-8,11-12,15-16H,3-4,9-10,13-14H2,(H,27,33)(H,28,34)/b25-11+,26-12+. The van der Waals surface area contributed by atoms with Crippen molar-refractivity contribution in [3.63, 3.8) is 0 Å². The van der Waals surface area contributed by atoms with Crippen molar-refractivity contribution in [3.05, 3.63) is 59.7 Å². The zero-order valence-electron chi connectivity index (χ0n) is 18.4. The highest BCUT2D eigenvalue weighted by atomic mass is 16.2. The van der Waals surface area contributed by atoms with Crippen molar-refractivity contribution in [1.29, 1.82) is 0 Å². The summed E-state index contributed by atoms with van der Waals surface area (Å²) in [6.45, 7) is 1.29. The number of rotatable bonds is 7. The van der Waals surface area contributed by atoms with E-state index >= 15 is 0 Å². The van der Waals surface area contributed by atoms with Crippen LogP contribution in [0.1, 0.15) is 46.4 Å². The summed E-state index contributed by atoms with van der Waals surface area (Å²) >= 11 is 0. The molecule has 2 saturated heterocycles. The Labute approximate surface area is 196 Å². The molecule has 0 saturated carbocycles. The number of hydrazone groups is 2. The van der Waals surface area contributed by atoms with Crippen LogP contribution in [0.5, 0.6) is 0 Å². The van der Waals surface area contributed by atoms with E-state index in [2.05, 4.69) is 21.1 Å². The predicted octanol–water partition coefficient (Wildman–Crippen LogP) is 2.07. The third-order valence-corrected chi connectivity index (χ3v) is 5.53. The summed E-state index contributed by atoms with van der Waals surface area (Å²) in [6.07, 6.45) is 5.09. The molecule has 0 bridgehead atoms. The van der Waals surface area contributed by atoms with Crippen molar-refractivity contribution < 1.29 is 19.2 Å². The van der Waals surface area contributed by atoms with Gasteiger partial charge in [0.15, 0.2) is 0 Å². The molecule has 10 nitrogen and oxygen atoms in total. The molecule has 4 rings (SSSR count). The van der Waals surface area contributed by atoms with Crippen LogP contribution in [-0.4, -0.2) is 49.1 Å². The number of benzene rings is 2. The Morgan fingerprint density at radius 1 is 0.735 bits per heavy atom. The number of amides is 4. The van der Waals surface area contributed by atoms with Crippen molar-refractivity contribution in [1.82, 2.24) is 10.9 Å². The predicted molar refractivity (Wildman–Crippen MR) is 128 cm³/mol. The van der Waals surface area contributed by atoms with E-state index in [4.69, 9.17) is 0 Å². The lowest BCUT2D eigenvalue weighted by Crippen LogP contribution is -2.24. The molecule has 2 aromatic carbocycles. The molecule has 0 radical (unpaired) electrons. The maximum Gasteiger partial charge on any atom is 0.271 e. The average Bonchev–Trinajstić information content (AvgIpc) is 3.49. The Balaban J connectivity index is 1.27. The van der Waals surface area contributed by atoms with E-state index in [1.807, 2.05) is 0 Å². The van der Waals surface area contributed by atoms with Crippen molar-refractivity contribution in [2.24, 2.45) is 10.2 Å². The molecule has 0 aliphatic carbocycles. The third kappa shape index (κ3) is 5.34. The van der Waals surface area contributed by atoms with E-state index in [-0.39, 0.29) is 11.8 Å². The number of hydrogen-bond acceptors (Lipinski definition) is 6. The molecule has 0 unspecified atom stereocenters. The van der Waals surface area contributed by atoms with Gasteiger partial charge in [-0.2, -0.15) is 10.2 Å². The quantitative estimate of drug-likeness (QED) is 0.485. The van der Waals surface area contributed by atoms with E-state index in [0.29, 0.717) is 48.4 Å². The smallest absolute Gasteiger partial charge is 0.271 e. The summed E-state index contributed by atoms with van der Waals surface area (Å²) in [5, 5.41) is 7.57.